The lowest BCUT2D eigenvalue weighted by Gasteiger charge is -2.36. The SMILES string of the molecule is CCOC(=O)C1=C(C)N=C2SC=C(CC(=O)NCc3ccccc3)N2C1c1ccc(OCc2ccccc2)c(OC)c1. The highest BCUT2D eigenvalue weighted by atomic mass is 32.2. The van der Waals surface area contributed by atoms with Crippen molar-refractivity contribution in [3.05, 3.63) is 118 Å². The molecule has 8 nitrogen and oxygen atoms in total. The highest BCUT2D eigenvalue weighted by molar-refractivity contribution is 8.16. The van der Waals surface area contributed by atoms with E-state index in [-0.39, 0.29) is 18.9 Å². The van der Waals surface area contributed by atoms with E-state index in [9.17, 15) is 9.59 Å². The molecule has 2 aliphatic rings. The molecule has 0 aliphatic carbocycles. The van der Waals surface area contributed by atoms with Crippen LogP contribution in [0.4, 0.5) is 0 Å². The number of hydrogen-bond acceptors (Lipinski definition) is 8. The summed E-state index contributed by atoms with van der Waals surface area (Å²) in [6.45, 7) is 4.63. The number of fused-ring (bicyclic) bond motifs is 1. The molecule has 216 valence electrons. The van der Waals surface area contributed by atoms with E-state index in [4.69, 9.17) is 19.2 Å². The topological polar surface area (TPSA) is 89.5 Å². The molecule has 3 aromatic rings. The van der Waals surface area contributed by atoms with Gasteiger partial charge in [-0.25, -0.2) is 9.79 Å². The fourth-order valence-electron chi connectivity index (χ4n) is 4.89. The minimum absolute atomic E-state index is 0.125. The maximum Gasteiger partial charge on any atom is 0.338 e. The number of rotatable bonds is 11. The highest BCUT2D eigenvalue weighted by Crippen LogP contribution is 2.46. The standard InChI is InChI=1S/C33H33N3O5S/c1-4-40-32(38)30-22(2)35-33-36(26(21-42-33)18-29(37)34-19-23-11-7-5-8-12-23)31(30)25-15-16-27(28(17-25)39-3)41-20-24-13-9-6-10-14-24/h5-17,21,31H,4,18-20H2,1-3H3,(H,34,37). The van der Waals surface area contributed by atoms with Crippen LogP contribution in [-0.4, -0.2) is 35.7 Å². The largest absolute Gasteiger partial charge is 0.493 e. The molecule has 1 atom stereocenters. The lowest BCUT2D eigenvalue weighted by Crippen LogP contribution is -2.38. The second-order valence-corrected chi connectivity index (χ2v) is 10.6. The van der Waals surface area contributed by atoms with Crippen LogP contribution in [0.3, 0.4) is 0 Å². The fraction of sp³-hybridized carbons (Fsp3) is 0.242. The van der Waals surface area contributed by atoms with Crippen molar-refractivity contribution in [3.8, 4) is 11.5 Å². The molecule has 1 amide bonds. The molecule has 0 spiro atoms. The minimum Gasteiger partial charge on any atom is -0.493 e. The van der Waals surface area contributed by atoms with Crippen LogP contribution in [0.15, 0.2) is 106 Å². The average molecular weight is 584 g/mol. The molecule has 5 rings (SSSR count). The Bertz CT molecular complexity index is 1540. The van der Waals surface area contributed by atoms with E-state index in [1.165, 1.54) is 11.8 Å². The van der Waals surface area contributed by atoms with Gasteiger partial charge in [-0.3, -0.25) is 4.79 Å². The van der Waals surface area contributed by atoms with Crippen LogP contribution in [0, 0.1) is 0 Å². The Morgan fingerprint density at radius 2 is 1.69 bits per heavy atom. The van der Waals surface area contributed by atoms with E-state index in [0.29, 0.717) is 41.1 Å². The van der Waals surface area contributed by atoms with E-state index >= 15 is 0 Å². The summed E-state index contributed by atoms with van der Waals surface area (Å²) < 4.78 is 17.3. The molecular formula is C33H33N3O5S. The van der Waals surface area contributed by atoms with Gasteiger partial charge in [0.2, 0.25) is 5.91 Å². The molecule has 0 fully saturated rings. The van der Waals surface area contributed by atoms with Gasteiger partial charge in [0.05, 0.1) is 37.4 Å². The summed E-state index contributed by atoms with van der Waals surface area (Å²) in [4.78, 5) is 33.0. The molecule has 42 heavy (non-hydrogen) atoms. The van der Waals surface area contributed by atoms with Gasteiger partial charge in [0, 0.05) is 12.2 Å². The smallest absolute Gasteiger partial charge is 0.338 e. The lowest BCUT2D eigenvalue weighted by molar-refractivity contribution is -0.139. The number of ether oxygens (including phenoxy) is 3. The number of nitrogens with one attached hydrogen (secondary N) is 1. The van der Waals surface area contributed by atoms with Crippen molar-refractivity contribution in [1.82, 2.24) is 10.2 Å². The van der Waals surface area contributed by atoms with Crippen molar-refractivity contribution >= 4 is 28.8 Å². The summed E-state index contributed by atoms with van der Waals surface area (Å²) in [5.74, 6) is 0.541. The van der Waals surface area contributed by atoms with Gasteiger partial charge >= 0.3 is 5.97 Å². The van der Waals surface area contributed by atoms with Crippen molar-refractivity contribution in [2.24, 2.45) is 4.99 Å². The molecule has 0 saturated carbocycles. The van der Waals surface area contributed by atoms with E-state index in [0.717, 1.165) is 22.4 Å². The van der Waals surface area contributed by atoms with Gasteiger partial charge in [-0.15, -0.1) is 0 Å². The number of amidine groups is 1. The zero-order valence-electron chi connectivity index (χ0n) is 23.8. The molecule has 1 N–H and O–H groups in total. The van der Waals surface area contributed by atoms with E-state index in [1.807, 2.05) is 96.1 Å². The third kappa shape index (κ3) is 6.52. The zero-order valence-corrected chi connectivity index (χ0v) is 24.6. The summed E-state index contributed by atoms with van der Waals surface area (Å²) in [6.07, 6.45) is 0.125. The Morgan fingerprint density at radius 1 is 0.976 bits per heavy atom. The number of carbonyl (C=O) groups is 2. The van der Waals surface area contributed by atoms with Crippen molar-refractivity contribution < 1.29 is 23.8 Å². The normalized spacial score (nSPS) is 15.9. The molecule has 1 unspecified atom stereocenters. The van der Waals surface area contributed by atoms with Crippen LogP contribution in [0.1, 0.15) is 43.0 Å². The van der Waals surface area contributed by atoms with Gasteiger partial charge in [-0.1, -0.05) is 78.5 Å². The number of hydrogen-bond donors (Lipinski definition) is 1. The molecule has 2 aliphatic heterocycles. The van der Waals surface area contributed by atoms with Gasteiger partial charge in [0.15, 0.2) is 16.7 Å². The van der Waals surface area contributed by atoms with Gasteiger partial charge in [-0.2, -0.15) is 0 Å². The van der Waals surface area contributed by atoms with Crippen LogP contribution < -0.4 is 14.8 Å². The number of allylic oxidation sites excluding steroid dienone is 1. The number of nitrogens with zero attached hydrogens (tertiary/aromatic N) is 2. The molecule has 0 radical (unpaired) electrons. The van der Waals surface area contributed by atoms with Crippen molar-refractivity contribution in [2.45, 2.75) is 39.5 Å². The first kappa shape index (κ1) is 29.0. The van der Waals surface area contributed by atoms with Gasteiger partial charge in [0.25, 0.3) is 0 Å². The Labute approximate surface area is 250 Å². The van der Waals surface area contributed by atoms with Crippen molar-refractivity contribution in [3.63, 3.8) is 0 Å². The van der Waals surface area contributed by atoms with Crippen molar-refractivity contribution in [1.29, 1.82) is 0 Å². The van der Waals surface area contributed by atoms with Crippen molar-refractivity contribution in [2.75, 3.05) is 13.7 Å². The summed E-state index contributed by atoms with van der Waals surface area (Å²) in [5.41, 5.74) is 4.57. The van der Waals surface area contributed by atoms with Crippen LogP contribution in [-0.2, 0) is 27.5 Å². The molecule has 2 heterocycles. The Kier molecular flexibility index (Phi) is 9.28. The molecule has 3 aromatic carbocycles. The third-order valence-electron chi connectivity index (χ3n) is 6.91. The second kappa shape index (κ2) is 13.4. The second-order valence-electron chi connectivity index (χ2n) is 9.74. The summed E-state index contributed by atoms with van der Waals surface area (Å²) in [5, 5.41) is 5.61. The van der Waals surface area contributed by atoms with Crippen LogP contribution in [0.25, 0.3) is 0 Å². The number of aliphatic imine (C=N–C) groups is 1. The number of methoxy groups -OCH3 is 1. The highest BCUT2D eigenvalue weighted by Gasteiger charge is 2.41. The molecular weight excluding hydrogens is 550 g/mol. The first-order valence-electron chi connectivity index (χ1n) is 13.7. The first-order valence-corrected chi connectivity index (χ1v) is 14.6. The maximum absolute atomic E-state index is 13.3. The van der Waals surface area contributed by atoms with E-state index < -0.39 is 12.0 Å². The molecule has 0 bridgehead atoms. The summed E-state index contributed by atoms with van der Waals surface area (Å²) >= 11 is 1.43. The minimum atomic E-state index is -0.572. The Hall–Kier alpha value is -4.50. The van der Waals surface area contributed by atoms with Crippen LogP contribution in [0.2, 0.25) is 0 Å². The molecule has 9 heteroatoms. The molecule has 0 saturated heterocycles. The van der Waals surface area contributed by atoms with Gasteiger partial charge in [0.1, 0.15) is 6.61 Å². The Morgan fingerprint density at radius 3 is 2.38 bits per heavy atom. The zero-order chi connectivity index (χ0) is 29.5. The summed E-state index contributed by atoms with van der Waals surface area (Å²) in [7, 11) is 1.59. The predicted molar refractivity (Wildman–Crippen MR) is 164 cm³/mol. The third-order valence-corrected chi connectivity index (χ3v) is 7.80. The number of thioether (sulfide) groups is 1. The van der Waals surface area contributed by atoms with E-state index in [1.54, 1.807) is 14.0 Å². The van der Waals surface area contributed by atoms with Gasteiger partial charge in [-0.05, 0) is 48.1 Å². The van der Waals surface area contributed by atoms with E-state index in [2.05, 4.69) is 5.32 Å². The first-order chi connectivity index (χ1) is 20.5. The van der Waals surface area contributed by atoms with Crippen LogP contribution in [0.5, 0.6) is 11.5 Å². The number of benzene rings is 3. The fourth-order valence-corrected chi connectivity index (χ4v) is 5.85. The number of carbonyl (C=O) groups excluding carboxylic acids is 2. The van der Waals surface area contributed by atoms with Gasteiger partial charge < -0.3 is 24.4 Å². The molecule has 0 aromatic heterocycles. The quantitative estimate of drug-likeness (QED) is 0.272. The van der Waals surface area contributed by atoms with Crippen LogP contribution >= 0.6 is 11.8 Å². The maximum atomic E-state index is 13.3. The predicted octanol–water partition coefficient (Wildman–Crippen LogP) is 6.12. The monoisotopic (exact) mass is 583 g/mol. The Balaban J connectivity index is 1.43. The number of amides is 1. The number of esters is 1. The summed E-state index contributed by atoms with van der Waals surface area (Å²) in [6, 6.07) is 24.7. The average Bonchev–Trinajstić information content (AvgIpc) is 3.40. The lowest BCUT2D eigenvalue weighted by atomic mass is 9.93.